The Kier molecular flexibility index (Phi) is 6.31. The van der Waals surface area contributed by atoms with Crippen LogP contribution in [0, 0.1) is 0 Å². The first-order chi connectivity index (χ1) is 14.7. The first-order valence-corrected chi connectivity index (χ1v) is 11.2. The van der Waals surface area contributed by atoms with Gasteiger partial charge in [0.2, 0.25) is 0 Å². The molecule has 0 aliphatic heterocycles. The topological polar surface area (TPSA) is 26.3 Å². The molecule has 1 unspecified atom stereocenters. The molecule has 2 nitrogen and oxygen atoms in total. The molecule has 0 amide bonds. The molecule has 30 heavy (non-hydrogen) atoms. The molecule has 1 atom stereocenters. The highest BCUT2D eigenvalue weighted by molar-refractivity contribution is 7.97. The fourth-order valence-electron chi connectivity index (χ4n) is 3.29. The molecule has 0 aromatic heterocycles. The first-order valence-electron chi connectivity index (χ1n) is 9.93. The highest BCUT2D eigenvalue weighted by Crippen LogP contribution is 2.31. The van der Waals surface area contributed by atoms with Crippen LogP contribution in [0.3, 0.4) is 0 Å². The van der Waals surface area contributed by atoms with Crippen molar-refractivity contribution in [3.05, 3.63) is 126 Å². The number of ether oxygens (including phenoxy) is 1. The van der Waals surface area contributed by atoms with Crippen LogP contribution in [-0.2, 0) is 15.6 Å². The lowest BCUT2D eigenvalue weighted by Gasteiger charge is -2.14. The summed E-state index contributed by atoms with van der Waals surface area (Å²) in [7, 11) is -0.298. The van der Waals surface area contributed by atoms with Gasteiger partial charge in [-0.05, 0) is 48.9 Å². The van der Waals surface area contributed by atoms with Crippen molar-refractivity contribution < 1.29 is 9.53 Å². The third kappa shape index (κ3) is 4.64. The van der Waals surface area contributed by atoms with Gasteiger partial charge in [0.15, 0.2) is 14.7 Å². The Morgan fingerprint density at radius 3 is 1.73 bits per heavy atom. The fraction of sp³-hybridized carbons (Fsp3) is 0.0741. The lowest BCUT2D eigenvalue weighted by atomic mass is 10.1. The molecule has 3 heteroatoms. The number of carbonyl (C=O) groups is 1. The van der Waals surface area contributed by atoms with E-state index in [1.165, 1.54) is 9.79 Å². The van der Waals surface area contributed by atoms with Gasteiger partial charge < -0.3 is 4.74 Å². The van der Waals surface area contributed by atoms with Crippen LogP contribution in [0.25, 0.3) is 0 Å². The standard InChI is InChI=1S/C27H23O2S/c1-21(22-12-5-2-6-13-22)29-27(28)23-14-11-19-26(20-23)30(24-15-7-3-8-16-24)25-17-9-4-10-18-25/h2-21H,1H3/q+1. The fourth-order valence-corrected chi connectivity index (χ4v) is 5.43. The zero-order valence-corrected chi connectivity index (χ0v) is 17.6. The van der Waals surface area contributed by atoms with Crippen LogP contribution < -0.4 is 0 Å². The van der Waals surface area contributed by atoms with Gasteiger partial charge in [-0.1, -0.05) is 72.8 Å². The molecule has 0 N–H and O–H groups in total. The third-order valence-electron chi connectivity index (χ3n) is 4.82. The average molecular weight is 412 g/mol. The normalized spacial score (nSPS) is 11.8. The minimum Gasteiger partial charge on any atom is -0.454 e. The zero-order valence-electron chi connectivity index (χ0n) is 16.8. The molecule has 0 spiro atoms. The zero-order chi connectivity index (χ0) is 20.8. The number of hydrogen-bond acceptors (Lipinski definition) is 2. The lowest BCUT2D eigenvalue weighted by Crippen LogP contribution is -2.11. The monoisotopic (exact) mass is 411 g/mol. The minimum atomic E-state index is -0.308. The van der Waals surface area contributed by atoms with Crippen molar-refractivity contribution in [3.63, 3.8) is 0 Å². The number of rotatable bonds is 6. The maximum Gasteiger partial charge on any atom is 0.338 e. The van der Waals surface area contributed by atoms with Crippen LogP contribution in [0.1, 0.15) is 28.9 Å². The van der Waals surface area contributed by atoms with Crippen LogP contribution in [-0.4, -0.2) is 5.97 Å². The number of benzene rings is 4. The van der Waals surface area contributed by atoms with Crippen LogP contribution in [0.5, 0.6) is 0 Å². The molecule has 0 aliphatic rings. The van der Waals surface area contributed by atoms with E-state index in [2.05, 4.69) is 54.6 Å². The molecule has 4 aromatic carbocycles. The molecule has 4 rings (SSSR count). The van der Waals surface area contributed by atoms with E-state index < -0.39 is 0 Å². The largest absolute Gasteiger partial charge is 0.454 e. The van der Waals surface area contributed by atoms with E-state index in [1.54, 1.807) is 0 Å². The van der Waals surface area contributed by atoms with E-state index in [4.69, 9.17) is 4.74 Å². The molecule has 0 saturated heterocycles. The summed E-state index contributed by atoms with van der Waals surface area (Å²) in [6.45, 7) is 1.90. The molecule has 148 valence electrons. The molecule has 0 saturated carbocycles. The van der Waals surface area contributed by atoms with Gasteiger partial charge in [-0.2, -0.15) is 0 Å². The maximum atomic E-state index is 12.9. The number of hydrogen-bond donors (Lipinski definition) is 0. The second-order valence-corrected chi connectivity index (χ2v) is 8.94. The van der Waals surface area contributed by atoms with Crippen molar-refractivity contribution in [3.8, 4) is 0 Å². The molecule has 4 aromatic rings. The van der Waals surface area contributed by atoms with Crippen LogP contribution >= 0.6 is 0 Å². The summed E-state index contributed by atoms with van der Waals surface area (Å²) < 4.78 is 5.73. The minimum absolute atomic E-state index is 0.298. The average Bonchev–Trinajstić information content (AvgIpc) is 2.81. The summed E-state index contributed by atoms with van der Waals surface area (Å²) in [5.41, 5.74) is 1.55. The van der Waals surface area contributed by atoms with Crippen molar-refractivity contribution >= 4 is 16.9 Å². The Bertz CT molecular complexity index is 1060. The molecule has 0 aliphatic carbocycles. The molecule has 0 radical (unpaired) electrons. The van der Waals surface area contributed by atoms with E-state index in [9.17, 15) is 4.79 Å². The van der Waals surface area contributed by atoms with E-state index in [-0.39, 0.29) is 23.0 Å². The lowest BCUT2D eigenvalue weighted by molar-refractivity contribution is 0.0337. The van der Waals surface area contributed by atoms with Crippen LogP contribution in [0.4, 0.5) is 0 Å². The smallest absolute Gasteiger partial charge is 0.338 e. The van der Waals surface area contributed by atoms with Gasteiger partial charge in [-0.3, -0.25) is 0 Å². The Balaban J connectivity index is 1.64. The highest BCUT2D eigenvalue weighted by Gasteiger charge is 2.29. The van der Waals surface area contributed by atoms with Gasteiger partial charge >= 0.3 is 5.97 Å². The number of esters is 1. The van der Waals surface area contributed by atoms with E-state index in [0.29, 0.717) is 5.56 Å². The molecule has 0 fully saturated rings. The summed E-state index contributed by atoms with van der Waals surface area (Å²) in [4.78, 5) is 16.4. The quantitative estimate of drug-likeness (QED) is 0.261. The van der Waals surface area contributed by atoms with Crippen molar-refractivity contribution in [2.24, 2.45) is 0 Å². The van der Waals surface area contributed by atoms with E-state index in [0.717, 1.165) is 10.5 Å². The van der Waals surface area contributed by atoms with Gasteiger partial charge in [-0.25, -0.2) is 4.79 Å². The maximum absolute atomic E-state index is 12.9. The van der Waals surface area contributed by atoms with E-state index >= 15 is 0 Å². The summed E-state index contributed by atoms with van der Waals surface area (Å²) >= 11 is 0. The second-order valence-electron chi connectivity index (χ2n) is 6.92. The Morgan fingerprint density at radius 2 is 1.17 bits per heavy atom. The van der Waals surface area contributed by atoms with Crippen molar-refractivity contribution in [2.45, 2.75) is 27.7 Å². The Labute approximate surface area is 180 Å². The summed E-state index contributed by atoms with van der Waals surface area (Å²) in [5.74, 6) is -0.308. The van der Waals surface area contributed by atoms with Gasteiger partial charge in [0.1, 0.15) is 6.10 Å². The third-order valence-corrected chi connectivity index (χ3v) is 7.03. The molecular weight excluding hydrogens is 388 g/mol. The predicted octanol–water partition coefficient (Wildman–Crippen LogP) is 6.70. The second kappa shape index (κ2) is 9.47. The highest BCUT2D eigenvalue weighted by atomic mass is 32.2. The Morgan fingerprint density at radius 1 is 0.667 bits per heavy atom. The Hall–Kier alpha value is -3.30. The van der Waals surface area contributed by atoms with Gasteiger partial charge in [0.05, 0.1) is 16.5 Å². The van der Waals surface area contributed by atoms with Gasteiger partial charge in [0.25, 0.3) is 0 Å². The predicted molar refractivity (Wildman–Crippen MR) is 122 cm³/mol. The molecular formula is C27H23O2S+. The summed E-state index contributed by atoms with van der Waals surface area (Å²) in [6.07, 6.45) is -0.302. The first kappa shape index (κ1) is 20.0. The van der Waals surface area contributed by atoms with Gasteiger partial charge in [-0.15, -0.1) is 0 Å². The summed E-state index contributed by atoms with van der Waals surface area (Å²) in [5, 5.41) is 0. The van der Waals surface area contributed by atoms with Crippen molar-refractivity contribution in [1.82, 2.24) is 0 Å². The van der Waals surface area contributed by atoms with Gasteiger partial charge in [0, 0.05) is 6.07 Å². The van der Waals surface area contributed by atoms with Crippen molar-refractivity contribution in [2.75, 3.05) is 0 Å². The van der Waals surface area contributed by atoms with Crippen molar-refractivity contribution in [1.29, 1.82) is 0 Å². The van der Waals surface area contributed by atoms with Crippen LogP contribution in [0.2, 0.25) is 0 Å². The number of carbonyl (C=O) groups excluding carboxylic acids is 1. The SMILES string of the molecule is CC(OC(=O)c1cccc([S+](c2ccccc2)c2ccccc2)c1)c1ccccc1. The molecule has 0 heterocycles. The molecule has 0 bridgehead atoms. The summed E-state index contributed by atoms with van der Waals surface area (Å²) in [6, 6.07) is 38.4. The van der Waals surface area contributed by atoms with E-state index in [1.807, 2.05) is 67.6 Å². The van der Waals surface area contributed by atoms with Crippen LogP contribution in [0.15, 0.2) is 130 Å².